The number of halogens is 1. The number of anilines is 2. The summed E-state index contributed by atoms with van der Waals surface area (Å²) in [6, 6.07) is 17.5. The number of nitrogens with one attached hydrogen (secondary N) is 1. The number of ether oxygens (including phenoxy) is 1. The molecule has 1 aliphatic rings. The fourth-order valence-electron chi connectivity index (χ4n) is 3.36. The van der Waals surface area contributed by atoms with Gasteiger partial charge in [0.15, 0.2) is 0 Å². The SMILES string of the molecule is CC(=O)Nc1ccc(N2C(=O)c3ccc(C(=O)OCc4cccc(Cl)c4)cc3C2=O)cc1. The molecule has 1 N–H and O–H groups in total. The predicted octanol–water partition coefficient (Wildman–Crippen LogP) is 4.46. The van der Waals surface area contributed by atoms with Crippen molar-refractivity contribution >= 4 is 46.7 Å². The Balaban J connectivity index is 1.52. The molecule has 0 fully saturated rings. The van der Waals surface area contributed by atoms with Crippen LogP contribution in [0.15, 0.2) is 66.7 Å². The van der Waals surface area contributed by atoms with Crippen molar-refractivity contribution < 1.29 is 23.9 Å². The number of esters is 1. The molecule has 3 amide bonds. The summed E-state index contributed by atoms with van der Waals surface area (Å²) in [5, 5.41) is 3.16. The summed E-state index contributed by atoms with van der Waals surface area (Å²) < 4.78 is 5.31. The number of amides is 3. The molecule has 0 atom stereocenters. The number of imide groups is 1. The molecule has 0 spiro atoms. The molecule has 0 bridgehead atoms. The lowest BCUT2D eigenvalue weighted by atomic mass is 10.1. The second-order valence-corrected chi connectivity index (χ2v) is 7.58. The van der Waals surface area contributed by atoms with Gasteiger partial charge in [0.05, 0.1) is 22.4 Å². The zero-order valence-electron chi connectivity index (χ0n) is 16.9. The van der Waals surface area contributed by atoms with E-state index in [-0.39, 0.29) is 29.2 Å². The van der Waals surface area contributed by atoms with Crippen LogP contribution < -0.4 is 10.2 Å². The highest BCUT2D eigenvalue weighted by atomic mass is 35.5. The van der Waals surface area contributed by atoms with Gasteiger partial charge in [-0.3, -0.25) is 14.4 Å². The van der Waals surface area contributed by atoms with Crippen molar-refractivity contribution in [2.75, 3.05) is 10.2 Å². The smallest absolute Gasteiger partial charge is 0.338 e. The van der Waals surface area contributed by atoms with Gasteiger partial charge in [0.1, 0.15) is 6.61 Å². The molecule has 3 aromatic rings. The third-order valence-corrected chi connectivity index (χ3v) is 5.06. The van der Waals surface area contributed by atoms with Crippen molar-refractivity contribution in [3.05, 3.63) is 94.0 Å². The number of benzene rings is 3. The van der Waals surface area contributed by atoms with Crippen LogP contribution in [0.25, 0.3) is 0 Å². The first-order chi connectivity index (χ1) is 15.3. The van der Waals surface area contributed by atoms with Crippen molar-refractivity contribution in [3.63, 3.8) is 0 Å². The summed E-state index contributed by atoms with van der Waals surface area (Å²) in [6.07, 6.45) is 0. The van der Waals surface area contributed by atoms with E-state index in [1.807, 2.05) is 0 Å². The van der Waals surface area contributed by atoms with E-state index in [2.05, 4.69) is 5.32 Å². The largest absolute Gasteiger partial charge is 0.457 e. The van der Waals surface area contributed by atoms with Crippen LogP contribution in [0.4, 0.5) is 11.4 Å². The fourth-order valence-corrected chi connectivity index (χ4v) is 3.57. The molecule has 0 radical (unpaired) electrons. The van der Waals surface area contributed by atoms with E-state index in [1.165, 1.54) is 25.1 Å². The highest BCUT2D eigenvalue weighted by molar-refractivity contribution is 6.34. The fraction of sp³-hybridized carbons (Fsp3) is 0.0833. The monoisotopic (exact) mass is 448 g/mol. The first-order valence-electron chi connectivity index (χ1n) is 9.65. The van der Waals surface area contributed by atoms with Crippen LogP contribution in [0.2, 0.25) is 5.02 Å². The zero-order valence-corrected chi connectivity index (χ0v) is 17.7. The Labute approximate surface area is 188 Å². The topological polar surface area (TPSA) is 92.8 Å². The summed E-state index contributed by atoms with van der Waals surface area (Å²) >= 11 is 5.93. The number of fused-ring (bicyclic) bond motifs is 1. The van der Waals surface area contributed by atoms with Gasteiger partial charge < -0.3 is 10.1 Å². The average molecular weight is 449 g/mol. The Morgan fingerprint density at radius 3 is 2.34 bits per heavy atom. The van der Waals surface area contributed by atoms with Crippen molar-refractivity contribution in [1.82, 2.24) is 0 Å². The normalized spacial score (nSPS) is 12.5. The van der Waals surface area contributed by atoms with E-state index in [9.17, 15) is 19.2 Å². The molecule has 1 heterocycles. The minimum atomic E-state index is -0.619. The second-order valence-electron chi connectivity index (χ2n) is 7.14. The van der Waals surface area contributed by atoms with Crippen LogP contribution in [0.3, 0.4) is 0 Å². The molecule has 7 nitrogen and oxygen atoms in total. The summed E-state index contributed by atoms with van der Waals surface area (Å²) in [4.78, 5) is 50.4. The minimum absolute atomic E-state index is 0.0239. The molecular formula is C24H17ClN2O5. The maximum atomic E-state index is 12.9. The lowest BCUT2D eigenvalue weighted by Crippen LogP contribution is -2.29. The molecular weight excluding hydrogens is 432 g/mol. The van der Waals surface area contributed by atoms with Gasteiger partial charge >= 0.3 is 5.97 Å². The minimum Gasteiger partial charge on any atom is -0.457 e. The van der Waals surface area contributed by atoms with Crippen molar-refractivity contribution in [3.8, 4) is 0 Å². The Bertz CT molecular complexity index is 1250. The first kappa shape index (κ1) is 21.3. The summed E-state index contributed by atoms with van der Waals surface area (Å²) in [5.74, 6) is -1.88. The van der Waals surface area contributed by atoms with E-state index in [0.717, 1.165) is 10.5 Å². The standard InChI is InChI=1S/C24H17ClN2O5/c1-14(28)26-18-6-8-19(9-7-18)27-22(29)20-10-5-16(12-21(20)23(27)30)24(31)32-13-15-3-2-4-17(25)11-15/h2-12H,13H2,1H3,(H,26,28). The Morgan fingerprint density at radius 1 is 0.938 bits per heavy atom. The molecule has 0 aliphatic carbocycles. The third kappa shape index (κ3) is 4.24. The van der Waals surface area contributed by atoms with Crippen molar-refractivity contribution in [2.45, 2.75) is 13.5 Å². The molecule has 8 heteroatoms. The van der Waals surface area contributed by atoms with Crippen molar-refractivity contribution in [2.24, 2.45) is 0 Å². The van der Waals surface area contributed by atoms with E-state index >= 15 is 0 Å². The molecule has 32 heavy (non-hydrogen) atoms. The number of hydrogen-bond donors (Lipinski definition) is 1. The quantitative estimate of drug-likeness (QED) is 0.459. The van der Waals surface area contributed by atoms with Gasteiger partial charge in [0.2, 0.25) is 5.91 Å². The lowest BCUT2D eigenvalue weighted by Gasteiger charge is -2.14. The van der Waals surface area contributed by atoms with Crippen LogP contribution in [-0.4, -0.2) is 23.7 Å². The number of hydrogen-bond acceptors (Lipinski definition) is 5. The predicted molar refractivity (Wildman–Crippen MR) is 119 cm³/mol. The van der Waals surface area contributed by atoms with Crippen LogP contribution in [0, 0.1) is 0 Å². The number of nitrogens with zero attached hydrogens (tertiary/aromatic N) is 1. The number of carbonyl (C=O) groups is 4. The van der Waals surface area contributed by atoms with Gasteiger partial charge in [0, 0.05) is 17.6 Å². The van der Waals surface area contributed by atoms with Gasteiger partial charge in [-0.1, -0.05) is 23.7 Å². The number of carbonyl (C=O) groups excluding carboxylic acids is 4. The maximum absolute atomic E-state index is 12.9. The number of rotatable bonds is 5. The van der Waals surface area contributed by atoms with Crippen LogP contribution in [-0.2, 0) is 16.1 Å². The first-order valence-corrected chi connectivity index (χ1v) is 10.0. The lowest BCUT2D eigenvalue weighted by molar-refractivity contribution is -0.114. The van der Waals surface area contributed by atoms with Gasteiger partial charge in [-0.2, -0.15) is 0 Å². The molecule has 0 unspecified atom stereocenters. The summed E-state index contributed by atoms with van der Waals surface area (Å²) in [5.41, 5.74) is 2.12. The van der Waals surface area contributed by atoms with Crippen LogP contribution in [0.1, 0.15) is 43.6 Å². The van der Waals surface area contributed by atoms with Gasteiger partial charge in [-0.25, -0.2) is 9.69 Å². The molecule has 4 rings (SSSR count). The Hall–Kier alpha value is -3.97. The van der Waals surface area contributed by atoms with E-state index < -0.39 is 17.8 Å². The van der Waals surface area contributed by atoms with E-state index in [0.29, 0.717) is 16.4 Å². The van der Waals surface area contributed by atoms with E-state index in [1.54, 1.807) is 48.5 Å². The maximum Gasteiger partial charge on any atom is 0.338 e. The van der Waals surface area contributed by atoms with Crippen LogP contribution in [0.5, 0.6) is 0 Å². The highest BCUT2D eigenvalue weighted by Gasteiger charge is 2.37. The summed E-state index contributed by atoms with van der Waals surface area (Å²) in [6.45, 7) is 1.41. The molecule has 1 aliphatic heterocycles. The zero-order chi connectivity index (χ0) is 22.8. The molecule has 0 aromatic heterocycles. The van der Waals surface area contributed by atoms with Crippen molar-refractivity contribution in [1.29, 1.82) is 0 Å². The van der Waals surface area contributed by atoms with E-state index in [4.69, 9.17) is 16.3 Å². The van der Waals surface area contributed by atoms with Gasteiger partial charge in [-0.15, -0.1) is 0 Å². The van der Waals surface area contributed by atoms with Gasteiger partial charge in [0.25, 0.3) is 11.8 Å². The Morgan fingerprint density at radius 2 is 1.66 bits per heavy atom. The summed E-state index contributed by atoms with van der Waals surface area (Å²) in [7, 11) is 0. The molecule has 0 saturated heterocycles. The van der Waals surface area contributed by atoms with Crippen LogP contribution >= 0.6 is 11.6 Å². The third-order valence-electron chi connectivity index (χ3n) is 4.83. The average Bonchev–Trinajstić information content (AvgIpc) is 3.02. The second kappa shape index (κ2) is 8.64. The molecule has 160 valence electrons. The molecule has 0 saturated carbocycles. The molecule has 3 aromatic carbocycles. The van der Waals surface area contributed by atoms with Gasteiger partial charge in [-0.05, 0) is 60.2 Å². The highest BCUT2D eigenvalue weighted by Crippen LogP contribution is 2.30. The Kier molecular flexibility index (Phi) is 5.75.